The SMILES string of the molecule is CC(=O)c1ccc(NC(=O)CC(=O)c2ccc(C(C)=O)cc2)cc1. The van der Waals surface area contributed by atoms with Gasteiger partial charge in [-0.2, -0.15) is 0 Å². The van der Waals surface area contributed by atoms with Gasteiger partial charge >= 0.3 is 0 Å². The van der Waals surface area contributed by atoms with Gasteiger partial charge in [-0.25, -0.2) is 0 Å². The van der Waals surface area contributed by atoms with Crippen molar-refractivity contribution in [3.8, 4) is 0 Å². The minimum absolute atomic E-state index is 0.0583. The minimum Gasteiger partial charge on any atom is -0.326 e. The Labute approximate surface area is 139 Å². The first kappa shape index (κ1) is 17.3. The lowest BCUT2D eigenvalue weighted by Gasteiger charge is -2.06. The van der Waals surface area contributed by atoms with E-state index in [2.05, 4.69) is 5.32 Å². The summed E-state index contributed by atoms with van der Waals surface area (Å²) < 4.78 is 0. The van der Waals surface area contributed by atoms with Crippen LogP contribution < -0.4 is 5.32 Å². The van der Waals surface area contributed by atoms with Gasteiger partial charge in [-0.15, -0.1) is 0 Å². The smallest absolute Gasteiger partial charge is 0.232 e. The molecular weight excluding hydrogens is 306 g/mol. The molecule has 0 heterocycles. The van der Waals surface area contributed by atoms with Crippen molar-refractivity contribution in [1.82, 2.24) is 0 Å². The molecule has 1 amide bonds. The molecule has 0 aliphatic carbocycles. The van der Waals surface area contributed by atoms with E-state index in [0.29, 0.717) is 22.4 Å². The number of hydrogen-bond donors (Lipinski definition) is 1. The summed E-state index contributed by atoms with van der Waals surface area (Å²) in [6.07, 6.45) is -0.298. The maximum absolute atomic E-state index is 12.1. The highest BCUT2D eigenvalue weighted by Gasteiger charge is 2.12. The first-order valence-corrected chi connectivity index (χ1v) is 7.42. The van der Waals surface area contributed by atoms with Crippen LogP contribution >= 0.6 is 0 Å². The number of amides is 1. The molecule has 0 radical (unpaired) electrons. The van der Waals surface area contributed by atoms with E-state index in [1.54, 1.807) is 36.4 Å². The Kier molecular flexibility index (Phi) is 5.37. The standard InChI is InChI=1S/C19H17NO4/c1-12(21)14-3-5-16(6-4-14)18(23)11-19(24)20-17-9-7-15(8-10-17)13(2)22/h3-10H,11H2,1-2H3,(H,20,24). The maximum Gasteiger partial charge on any atom is 0.232 e. The van der Waals surface area contributed by atoms with Crippen molar-refractivity contribution in [3.05, 3.63) is 65.2 Å². The third-order valence-electron chi connectivity index (χ3n) is 3.51. The van der Waals surface area contributed by atoms with Gasteiger partial charge in [0.25, 0.3) is 0 Å². The van der Waals surface area contributed by atoms with Crippen molar-refractivity contribution in [2.45, 2.75) is 20.3 Å². The molecule has 2 aromatic carbocycles. The third-order valence-corrected chi connectivity index (χ3v) is 3.51. The number of rotatable bonds is 6. The molecule has 0 aromatic heterocycles. The second-order valence-electron chi connectivity index (χ2n) is 5.42. The fourth-order valence-corrected chi connectivity index (χ4v) is 2.13. The largest absolute Gasteiger partial charge is 0.326 e. The van der Waals surface area contributed by atoms with Gasteiger partial charge in [-0.3, -0.25) is 19.2 Å². The molecule has 2 rings (SSSR count). The molecule has 0 fully saturated rings. The van der Waals surface area contributed by atoms with E-state index >= 15 is 0 Å². The van der Waals surface area contributed by atoms with E-state index in [4.69, 9.17) is 0 Å². The summed E-state index contributed by atoms with van der Waals surface area (Å²) in [5, 5.41) is 2.61. The molecule has 122 valence electrons. The van der Waals surface area contributed by atoms with Crippen molar-refractivity contribution in [3.63, 3.8) is 0 Å². The zero-order valence-electron chi connectivity index (χ0n) is 13.5. The van der Waals surface area contributed by atoms with Gasteiger partial charge in [-0.05, 0) is 38.1 Å². The highest BCUT2D eigenvalue weighted by atomic mass is 16.2. The molecule has 0 saturated heterocycles. The van der Waals surface area contributed by atoms with Crippen LogP contribution in [0.4, 0.5) is 5.69 Å². The molecule has 0 aliphatic heterocycles. The third kappa shape index (κ3) is 4.46. The number of anilines is 1. The first-order chi connectivity index (χ1) is 11.4. The number of carbonyl (C=O) groups excluding carboxylic acids is 4. The monoisotopic (exact) mass is 323 g/mol. The highest BCUT2D eigenvalue weighted by Crippen LogP contribution is 2.12. The van der Waals surface area contributed by atoms with Crippen LogP contribution in [0.25, 0.3) is 0 Å². The Balaban J connectivity index is 1.97. The predicted octanol–water partition coefficient (Wildman–Crippen LogP) is 3.30. The van der Waals surface area contributed by atoms with E-state index in [1.165, 1.54) is 26.0 Å². The van der Waals surface area contributed by atoms with E-state index < -0.39 is 5.91 Å². The summed E-state index contributed by atoms with van der Waals surface area (Å²) in [7, 11) is 0. The van der Waals surface area contributed by atoms with Crippen molar-refractivity contribution in [1.29, 1.82) is 0 Å². The lowest BCUT2D eigenvalue weighted by atomic mass is 10.0. The van der Waals surface area contributed by atoms with Crippen LogP contribution in [0.15, 0.2) is 48.5 Å². The predicted molar refractivity (Wildman–Crippen MR) is 90.5 cm³/mol. The van der Waals surface area contributed by atoms with Gasteiger partial charge in [0.15, 0.2) is 17.3 Å². The van der Waals surface area contributed by atoms with Crippen LogP contribution in [-0.4, -0.2) is 23.3 Å². The van der Waals surface area contributed by atoms with E-state index in [0.717, 1.165) is 0 Å². The molecule has 5 heteroatoms. The second-order valence-corrected chi connectivity index (χ2v) is 5.42. The van der Waals surface area contributed by atoms with Gasteiger partial charge in [0.1, 0.15) is 0 Å². The Morgan fingerprint density at radius 3 is 1.58 bits per heavy atom. The molecule has 2 aromatic rings. The summed E-state index contributed by atoms with van der Waals surface area (Å²) in [5.41, 5.74) is 1.96. The summed E-state index contributed by atoms with van der Waals surface area (Å²) in [4.78, 5) is 46.4. The highest BCUT2D eigenvalue weighted by molar-refractivity contribution is 6.11. The van der Waals surface area contributed by atoms with Gasteiger partial charge in [0.05, 0.1) is 6.42 Å². The van der Waals surface area contributed by atoms with Crippen molar-refractivity contribution >= 4 is 28.9 Å². The molecule has 24 heavy (non-hydrogen) atoms. The quantitative estimate of drug-likeness (QED) is 0.653. The van der Waals surface area contributed by atoms with Crippen LogP contribution in [-0.2, 0) is 4.79 Å². The van der Waals surface area contributed by atoms with Crippen LogP contribution in [0.5, 0.6) is 0 Å². The second kappa shape index (κ2) is 7.46. The number of Topliss-reactive ketones (excluding diaryl/α,β-unsaturated/α-hetero) is 3. The van der Waals surface area contributed by atoms with E-state index in [1.807, 2.05) is 0 Å². The fourth-order valence-electron chi connectivity index (χ4n) is 2.13. The average molecular weight is 323 g/mol. The molecule has 0 atom stereocenters. The van der Waals surface area contributed by atoms with Crippen molar-refractivity contribution in [2.24, 2.45) is 0 Å². The maximum atomic E-state index is 12.1. The Bertz CT molecular complexity index is 789. The van der Waals surface area contributed by atoms with Crippen molar-refractivity contribution < 1.29 is 19.2 Å². The zero-order chi connectivity index (χ0) is 17.7. The van der Waals surface area contributed by atoms with Crippen molar-refractivity contribution in [2.75, 3.05) is 5.32 Å². The minimum atomic E-state index is -0.439. The van der Waals surface area contributed by atoms with E-state index in [9.17, 15) is 19.2 Å². The number of benzene rings is 2. The Hall–Kier alpha value is -3.08. The van der Waals surface area contributed by atoms with Gasteiger partial charge in [0, 0.05) is 22.4 Å². The normalized spacial score (nSPS) is 10.1. The zero-order valence-corrected chi connectivity index (χ0v) is 13.5. The summed E-state index contributed by atoms with van der Waals surface area (Å²) in [5.74, 6) is -0.910. The number of hydrogen-bond acceptors (Lipinski definition) is 4. The summed E-state index contributed by atoms with van der Waals surface area (Å²) >= 11 is 0. The van der Waals surface area contributed by atoms with Gasteiger partial charge in [0.2, 0.25) is 5.91 Å². The molecule has 0 bridgehead atoms. The van der Waals surface area contributed by atoms with E-state index in [-0.39, 0.29) is 23.8 Å². The number of ketones is 3. The lowest BCUT2D eigenvalue weighted by molar-refractivity contribution is -0.115. The number of nitrogens with one attached hydrogen (secondary N) is 1. The molecule has 0 spiro atoms. The Morgan fingerprint density at radius 2 is 1.12 bits per heavy atom. The van der Waals surface area contributed by atoms with Crippen LogP contribution in [0.1, 0.15) is 51.3 Å². The molecule has 1 N–H and O–H groups in total. The average Bonchev–Trinajstić information content (AvgIpc) is 2.55. The molecule has 0 saturated carbocycles. The molecule has 5 nitrogen and oxygen atoms in total. The molecular formula is C19H17NO4. The topological polar surface area (TPSA) is 80.3 Å². The Morgan fingerprint density at radius 1 is 0.708 bits per heavy atom. The summed E-state index contributed by atoms with van der Waals surface area (Å²) in [6.45, 7) is 2.91. The van der Waals surface area contributed by atoms with Crippen LogP contribution in [0, 0.1) is 0 Å². The molecule has 0 aliphatic rings. The summed E-state index contributed by atoms with van der Waals surface area (Å²) in [6, 6.07) is 12.6. The first-order valence-electron chi connectivity index (χ1n) is 7.42. The number of carbonyl (C=O) groups is 4. The lowest BCUT2D eigenvalue weighted by Crippen LogP contribution is -2.16. The van der Waals surface area contributed by atoms with Gasteiger partial charge in [-0.1, -0.05) is 24.3 Å². The molecule has 0 unspecified atom stereocenters. The van der Waals surface area contributed by atoms with Crippen LogP contribution in [0.3, 0.4) is 0 Å². The van der Waals surface area contributed by atoms with Crippen LogP contribution in [0.2, 0.25) is 0 Å². The fraction of sp³-hybridized carbons (Fsp3) is 0.158. The van der Waals surface area contributed by atoms with Gasteiger partial charge < -0.3 is 5.32 Å².